The Morgan fingerprint density at radius 1 is 1.40 bits per heavy atom. The molecule has 80 valence electrons. The van der Waals surface area contributed by atoms with Crippen LogP contribution >= 0.6 is 0 Å². The molecule has 15 heavy (non-hydrogen) atoms. The first-order valence-electron chi connectivity index (χ1n) is 5.10. The fraction of sp³-hybridized carbons (Fsp3) is 0.385. The molecule has 0 unspecified atom stereocenters. The fourth-order valence-corrected chi connectivity index (χ4v) is 1.35. The molecule has 0 bridgehead atoms. The van der Waals surface area contributed by atoms with Crippen molar-refractivity contribution in [3.8, 4) is 17.6 Å². The van der Waals surface area contributed by atoms with Crippen molar-refractivity contribution in [2.24, 2.45) is 5.73 Å². The average molecular weight is 203 g/mol. The molecule has 0 saturated heterocycles. The van der Waals surface area contributed by atoms with Crippen LogP contribution in [0.5, 0.6) is 5.75 Å². The summed E-state index contributed by atoms with van der Waals surface area (Å²) < 4.78 is 5.60. The zero-order chi connectivity index (χ0) is 11.1. The van der Waals surface area contributed by atoms with Crippen molar-refractivity contribution in [1.29, 1.82) is 0 Å². The van der Waals surface area contributed by atoms with E-state index in [1.807, 2.05) is 26.0 Å². The molecule has 0 radical (unpaired) electrons. The lowest BCUT2D eigenvalue weighted by Crippen LogP contribution is -2.03. The zero-order valence-electron chi connectivity index (χ0n) is 9.34. The zero-order valence-corrected chi connectivity index (χ0v) is 9.34. The average Bonchev–Trinajstić information content (AvgIpc) is 2.26. The van der Waals surface area contributed by atoms with Gasteiger partial charge in [-0.2, -0.15) is 0 Å². The predicted octanol–water partition coefficient (Wildman–Crippen LogP) is 2.25. The van der Waals surface area contributed by atoms with E-state index in [1.165, 1.54) is 5.56 Å². The summed E-state index contributed by atoms with van der Waals surface area (Å²) in [5.74, 6) is 6.67. The maximum atomic E-state index is 5.64. The lowest BCUT2D eigenvalue weighted by Gasteiger charge is -2.09. The highest BCUT2D eigenvalue weighted by atomic mass is 16.5. The van der Waals surface area contributed by atoms with Crippen LogP contribution in [0, 0.1) is 18.8 Å². The third kappa shape index (κ3) is 3.65. The van der Waals surface area contributed by atoms with E-state index >= 15 is 0 Å². The Morgan fingerprint density at radius 3 is 2.87 bits per heavy atom. The first kappa shape index (κ1) is 11.6. The Morgan fingerprint density at radius 2 is 2.20 bits per heavy atom. The van der Waals surface area contributed by atoms with Crippen LogP contribution in [0.1, 0.15) is 24.5 Å². The third-order valence-corrected chi connectivity index (χ3v) is 2.10. The second kappa shape index (κ2) is 6.10. The molecule has 1 rings (SSSR count). The SMILES string of the molecule is CC#CCCOc1ccc(C)cc1CN. The maximum Gasteiger partial charge on any atom is 0.123 e. The molecule has 2 N–H and O–H groups in total. The number of hydrogen-bond donors (Lipinski definition) is 1. The van der Waals surface area contributed by atoms with Crippen LogP contribution in [-0.4, -0.2) is 6.61 Å². The summed E-state index contributed by atoms with van der Waals surface area (Å²) in [6.45, 7) is 5.01. The summed E-state index contributed by atoms with van der Waals surface area (Å²) in [6.07, 6.45) is 0.758. The molecule has 0 aliphatic carbocycles. The van der Waals surface area contributed by atoms with Crippen molar-refractivity contribution < 1.29 is 4.74 Å². The molecule has 0 saturated carbocycles. The van der Waals surface area contributed by atoms with E-state index in [1.54, 1.807) is 0 Å². The largest absolute Gasteiger partial charge is 0.492 e. The van der Waals surface area contributed by atoms with Gasteiger partial charge in [-0.05, 0) is 19.9 Å². The molecule has 0 aliphatic heterocycles. The van der Waals surface area contributed by atoms with Gasteiger partial charge in [0.25, 0.3) is 0 Å². The van der Waals surface area contributed by atoms with Gasteiger partial charge in [0.05, 0.1) is 6.61 Å². The first-order valence-corrected chi connectivity index (χ1v) is 5.10. The van der Waals surface area contributed by atoms with Crippen molar-refractivity contribution in [2.45, 2.75) is 26.8 Å². The second-order valence-corrected chi connectivity index (χ2v) is 3.34. The van der Waals surface area contributed by atoms with Crippen molar-refractivity contribution in [2.75, 3.05) is 6.61 Å². The Balaban J connectivity index is 2.62. The number of rotatable bonds is 4. The van der Waals surface area contributed by atoms with Gasteiger partial charge in [-0.1, -0.05) is 17.7 Å². The molecule has 0 atom stereocenters. The Hall–Kier alpha value is -1.46. The summed E-state index contributed by atoms with van der Waals surface area (Å²) in [4.78, 5) is 0. The topological polar surface area (TPSA) is 35.2 Å². The summed E-state index contributed by atoms with van der Waals surface area (Å²) in [7, 11) is 0. The lowest BCUT2D eigenvalue weighted by atomic mass is 10.1. The maximum absolute atomic E-state index is 5.64. The van der Waals surface area contributed by atoms with Gasteiger partial charge in [0.1, 0.15) is 5.75 Å². The van der Waals surface area contributed by atoms with Gasteiger partial charge in [0.2, 0.25) is 0 Å². The second-order valence-electron chi connectivity index (χ2n) is 3.34. The van der Waals surface area contributed by atoms with Crippen LogP contribution in [0.25, 0.3) is 0 Å². The van der Waals surface area contributed by atoms with Crippen LogP contribution in [0.3, 0.4) is 0 Å². The Labute approximate surface area is 91.4 Å². The van der Waals surface area contributed by atoms with Crippen LogP contribution < -0.4 is 10.5 Å². The van der Waals surface area contributed by atoms with Crippen molar-refractivity contribution in [1.82, 2.24) is 0 Å². The highest BCUT2D eigenvalue weighted by molar-refractivity contribution is 5.36. The predicted molar refractivity (Wildman–Crippen MR) is 62.6 cm³/mol. The highest BCUT2D eigenvalue weighted by Gasteiger charge is 2.01. The molecule has 0 amide bonds. The van der Waals surface area contributed by atoms with E-state index in [-0.39, 0.29) is 0 Å². The van der Waals surface area contributed by atoms with Crippen LogP contribution in [0.15, 0.2) is 18.2 Å². The van der Waals surface area contributed by atoms with E-state index in [0.29, 0.717) is 13.2 Å². The van der Waals surface area contributed by atoms with Gasteiger partial charge in [-0.3, -0.25) is 0 Å². The van der Waals surface area contributed by atoms with Crippen molar-refractivity contribution in [3.63, 3.8) is 0 Å². The number of hydrogen-bond acceptors (Lipinski definition) is 2. The first-order chi connectivity index (χ1) is 7.27. The summed E-state index contributed by atoms with van der Waals surface area (Å²) in [6, 6.07) is 6.05. The quantitative estimate of drug-likeness (QED) is 0.601. The van der Waals surface area contributed by atoms with Crippen LogP contribution in [0.4, 0.5) is 0 Å². The number of ether oxygens (including phenoxy) is 1. The van der Waals surface area contributed by atoms with Gasteiger partial charge in [0, 0.05) is 18.5 Å². The molecule has 0 fully saturated rings. The Bertz CT molecular complexity index is 374. The fourth-order valence-electron chi connectivity index (χ4n) is 1.35. The minimum absolute atomic E-state index is 0.510. The standard InChI is InChI=1S/C13H17NO/c1-3-4-5-8-15-13-7-6-11(2)9-12(13)10-14/h6-7,9H,5,8,10,14H2,1-2H3. The number of nitrogens with two attached hydrogens (primary N) is 1. The lowest BCUT2D eigenvalue weighted by molar-refractivity contribution is 0.323. The van der Waals surface area contributed by atoms with E-state index < -0.39 is 0 Å². The molecular weight excluding hydrogens is 186 g/mol. The Kier molecular flexibility index (Phi) is 4.73. The van der Waals surface area contributed by atoms with Gasteiger partial charge < -0.3 is 10.5 Å². The molecular formula is C13H17NO. The van der Waals surface area contributed by atoms with Crippen LogP contribution in [0.2, 0.25) is 0 Å². The molecule has 0 heterocycles. The summed E-state index contributed by atoms with van der Waals surface area (Å²) in [5, 5.41) is 0. The van der Waals surface area contributed by atoms with Gasteiger partial charge >= 0.3 is 0 Å². The minimum atomic E-state index is 0.510. The molecule has 1 aromatic rings. The molecule has 2 nitrogen and oxygen atoms in total. The van der Waals surface area contributed by atoms with Crippen molar-refractivity contribution in [3.05, 3.63) is 29.3 Å². The van der Waals surface area contributed by atoms with Crippen LogP contribution in [-0.2, 0) is 6.54 Å². The van der Waals surface area contributed by atoms with E-state index in [2.05, 4.69) is 17.9 Å². The van der Waals surface area contributed by atoms with Gasteiger partial charge in [0.15, 0.2) is 0 Å². The molecule has 2 heteroatoms. The number of benzene rings is 1. The van der Waals surface area contributed by atoms with E-state index in [0.717, 1.165) is 17.7 Å². The van der Waals surface area contributed by atoms with Crippen molar-refractivity contribution >= 4 is 0 Å². The monoisotopic (exact) mass is 203 g/mol. The van der Waals surface area contributed by atoms with Gasteiger partial charge in [-0.25, -0.2) is 0 Å². The molecule has 0 aromatic heterocycles. The summed E-state index contributed by atoms with van der Waals surface area (Å²) >= 11 is 0. The minimum Gasteiger partial charge on any atom is -0.492 e. The smallest absolute Gasteiger partial charge is 0.123 e. The third-order valence-electron chi connectivity index (χ3n) is 2.10. The number of aryl methyl sites for hydroxylation is 1. The van der Waals surface area contributed by atoms with Gasteiger partial charge in [-0.15, -0.1) is 11.8 Å². The normalized spacial score (nSPS) is 9.27. The summed E-state index contributed by atoms with van der Waals surface area (Å²) in [5.41, 5.74) is 7.90. The van der Waals surface area contributed by atoms with E-state index in [9.17, 15) is 0 Å². The molecule has 1 aromatic carbocycles. The molecule has 0 aliphatic rings. The highest BCUT2D eigenvalue weighted by Crippen LogP contribution is 2.19. The van der Waals surface area contributed by atoms with E-state index in [4.69, 9.17) is 10.5 Å². The molecule has 0 spiro atoms.